The summed E-state index contributed by atoms with van der Waals surface area (Å²) >= 11 is 0. The molecule has 0 bridgehead atoms. The normalized spacial score (nSPS) is 10.8. The molecule has 0 aromatic heterocycles. The Morgan fingerprint density at radius 1 is 1.18 bits per heavy atom. The number of hydrogen-bond acceptors (Lipinski definition) is 1. The molecule has 0 unspecified atom stereocenters. The van der Waals surface area contributed by atoms with Gasteiger partial charge in [-0.2, -0.15) is 0 Å². The molecule has 0 aliphatic rings. The molecule has 1 rings (SSSR count). The summed E-state index contributed by atoms with van der Waals surface area (Å²) in [6.45, 7) is 7.38. The van der Waals surface area contributed by atoms with Gasteiger partial charge in [-0.15, -0.1) is 11.8 Å². The lowest BCUT2D eigenvalue weighted by molar-refractivity contribution is 0.367. The minimum atomic E-state index is 0.186. The maximum atomic E-state index is 3.56. The maximum absolute atomic E-state index is 3.56. The molecule has 1 nitrogen and oxygen atoms in total. The summed E-state index contributed by atoms with van der Waals surface area (Å²) < 4.78 is 0. The van der Waals surface area contributed by atoms with E-state index >= 15 is 0 Å². The van der Waals surface area contributed by atoms with E-state index in [1.807, 2.05) is 6.92 Å². The molecule has 1 heteroatoms. The van der Waals surface area contributed by atoms with E-state index in [4.69, 9.17) is 0 Å². The van der Waals surface area contributed by atoms with Crippen LogP contribution in [0, 0.1) is 11.8 Å². The summed E-state index contributed by atoms with van der Waals surface area (Å²) in [6.07, 6.45) is 3.21. The largest absolute Gasteiger partial charge is 0.311 e. The van der Waals surface area contributed by atoms with Gasteiger partial charge >= 0.3 is 0 Å². The highest BCUT2D eigenvalue weighted by Gasteiger charge is 2.15. The molecule has 0 saturated carbocycles. The number of aryl methyl sites for hydroxylation is 1. The highest BCUT2D eigenvalue weighted by atomic mass is 14.9. The zero-order valence-electron chi connectivity index (χ0n) is 11.2. The molecular weight excluding hydrogens is 206 g/mol. The molecule has 17 heavy (non-hydrogen) atoms. The predicted octanol–water partition coefficient (Wildman–Crippen LogP) is 3.40. The summed E-state index contributed by atoms with van der Waals surface area (Å²) in [5.74, 6) is 6.00. The molecule has 0 aliphatic heterocycles. The Hall–Kier alpha value is -1.26. The van der Waals surface area contributed by atoms with Crippen LogP contribution in [0.25, 0.3) is 0 Å². The third-order valence-electron chi connectivity index (χ3n) is 2.91. The summed E-state index contributed by atoms with van der Waals surface area (Å²) in [5, 5.41) is 3.56. The second kappa shape index (κ2) is 7.14. The van der Waals surface area contributed by atoms with Crippen LogP contribution in [0.4, 0.5) is 0 Å². The zero-order valence-corrected chi connectivity index (χ0v) is 11.2. The topological polar surface area (TPSA) is 12.0 Å². The molecule has 1 N–H and O–H groups in total. The van der Waals surface area contributed by atoms with Gasteiger partial charge in [-0.25, -0.2) is 0 Å². The lowest BCUT2D eigenvalue weighted by Crippen LogP contribution is -2.40. The highest BCUT2D eigenvalue weighted by molar-refractivity contribution is 5.15. The molecule has 0 atom stereocenters. The monoisotopic (exact) mass is 229 g/mol. The first kappa shape index (κ1) is 13.8. The summed E-state index contributed by atoms with van der Waals surface area (Å²) in [7, 11) is 0. The molecule has 0 spiro atoms. The first-order chi connectivity index (χ1) is 8.14. The van der Waals surface area contributed by atoms with Gasteiger partial charge in [0, 0.05) is 18.5 Å². The van der Waals surface area contributed by atoms with Crippen molar-refractivity contribution in [3.8, 4) is 11.8 Å². The van der Waals surface area contributed by atoms with Crippen LogP contribution in [0.2, 0.25) is 0 Å². The molecule has 0 heterocycles. The number of benzene rings is 1. The fraction of sp³-hybridized carbons (Fsp3) is 0.500. The molecule has 0 amide bonds. The van der Waals surface area contributed by atoms with E-state index in [2.05, 4.69) is 61.3 Å². The molecule has 0 saturated heterocycles. The van der Waals surface area contributed by atoms with Crippen molar-refractivity contribution >= 4 is 0 Å². The van der Waals surface area contributed by atoms with Crippen LogP contribution in [-0.4, -0.2) is 12.1 Å². The van der Waals surface area contributed by atoms with Gasteiger partial charge in [-0.05, 0) is 39.2 Å². The average molecular weight is 229 g/mol. The molecule has 1 aromatic carbocycles. The quantitative estimate of drug-likeness (QED) is 0.582. The van der Waals surface area contributed by atoms with Gasteiger partial charge in [0.25, 0.3) is 0 Å². The van der Waals surface area contributed by atoms with Gasteiger partial charge in [0.05, 0.1) is 0 Å². The Morgan fingerprint density at radius 2 is 1.88 bits per heavy atom. The Bertz CT molecular complexity index is 368. The van der Waals surface area contributed by atoms with Crippen LogP contribution in [0.3, 0.4) is 0 Å². The van der Waals surface area contributed by atoms with Gasteiger partial charge in [0.2, 0.25) is 0 Å². The Kier molecular flexibility index (Phi) is 5.80. The number of rotatable bonds is 6. The first-order valence-electron chi connectivity index (χ1n) is 6.32. The fourth-order valence-electron chi connectivity index (χ4n) is 1.78. The summed E-state index contributed by atoms with van der Waals surface area (Å²) in [5.41, 5.74) is 1.60. The Labute approximate surface area is 106 Å². The molecule has 92 valence electrons. The van der Waals surface area contributed by atoms with Gasteiger partial charge in [-0.3, -0.25) is 0 Å². The summed E-state index contributed by atoms with van der Waals surface area (Å²) in [6, 6.07) is 10.7. The van der Waals surface area contributed by atoms with E-state index in [0.717, 1.165) is 25.8 Å². The van der Waals surface area contributed by atoms with Crippen molar-refractivity contribution in [1.29, 1.82) is 0 Å². The minimum Gasteiger partial charge on any atom is -0.311 e. The van der Waals surface area contributed by atoms with Crippen LogP contribution >= 0.6 is 0 Å². The van der Waals surface area contributed by atoms with Crippen LogP contribution in [0.5, 0.6) is 0 Å². The van der Waals surface area contributed by atoms with Crippen LogP contribution in [0.1, 0.15) is 39.2 Å². The highest BCUT2D eigenvalue weighted by Crippen LogP contribution is 2.13. The van der Waals surface area contributed by atoms with E-state index in [1.165, 1.54) is 5.56 Å². The molecule has 0 aliphatic carbocycles. The molecule has 0 fully saturated rings. The number of nitrogens with one attached hydrogen (secondary N) is 1. The van der Waals surface area contributed by atoms with E-state index in [0.29, 0.717) is 0 Å². The van der Waals surface area contributed by atoms with Crippen molar-refractivity contribution in [2.24, 2.45) is 0 Å². The second-order valence-corrected chi connectivity index (χ2v) is 4.97. The second-order valence-electron chi connectivity index (χ2n) is 4.97. The Morgan fingerprint density at radius 3 is 2.53 bits per heavy atom. The maximum Gasteiger partial charge on any atom is 0.0214 e. The van der Waals surface area contributed by atoms with Crippen molar-refractivity contribution in [2.45, 2.75) is 45.6 Å². The smallest absolute Gasteiger partial charge is 0.0214 e. The van der Waals surface area contributed by atoms with E-state index in [-0.39, 0.29) is 5.54 Å². The lowest BCUT2D eigenvalue weighted by Gasteiger charge is -2.26. The third-order valence-corrected chi connectivity index (χ3v) is 2.91. The van der Waals surface area contributed by atoms with Crippen molar-refractivity contribution in [1.82, 2.24) is 5.32 Å². The van der Waals surface area contributed by atoms with Crippen molar-refractivity contribution < 1.29 is 0 Å². The van der Waals surface area contributed by atoms with Gasteiger partial charge in [0.1, 0.15) is 0 Å². The van der Waals surface area contributed by atoms with Gasteiger partial charge in [0.15, 0.2) is 0 Å². The Balaban J connectivity index is 2.30. The minimum absolute atomic E-state index is 0.186. The standard InChI is InChI=1S/C16H23N/c1-4-5-9-14-17-16(2,3)13-12-15-10-7-6-8-11-15/h6-8,10-11,17H,9,12-14H2,1-3H3. The van der Waals surface area contributed by atoms with E-state index < -0.39 is 0 Å². The summed E-state index contributed by atoms with van der Waals surface area (Å²) in [4.78, 5) is 0. The van der Waals surface area contributed by atoms with E-state index in [9.17, 15) is 0 Å². The average Bonchev–Trinajstić information content (AvgIpc) is 2.34. The van der Waals surface area contributed by atoms with Gasteiger partial charge in [-0.1, -0.05) is 30.3 Å². The van der Waals surface area contributed by atoms with Crippen LogP contribution in [-0.2, 0) is 6.42 Å². The van der Waals surface area contributed by atoms with Crippen molar-refractivity contribution in [2.75, 3.05) is 6.54 Å². The molecular formula is C16H23N. The molecule has 1 aromatic rings. The van der Waals surface area contributed by atoms with Crippen LogP contribution < -0.4 is 5.32 Å². The van der Waals surface area contributed by atoms with Crippen molar-refractivity contribution in [3.05, 3.63) is 35.9 Å². The molecule has 0 radical (unpaired) electrons. The van der Waals surface area contributed by atoms with Gasteiger partial charge < -0.3 is 5.32 Å². The fourth-order valence-corrected chi connectivity index (χ4v) is 1.78. The lowest BCUT2D eigenvalue weighted by atomic mass is 9.95. The van der Waals surface area contributed by atoms with E-state index in [1.54, 1.807) is 0 Å². The third kappa shape index (κ3) is 6.14. The van der Waals surface area contributed by atoms with Crippen molar-refractivity contribution in [3.63, 3.8) is 0 Å². The predicted molar refractivity (Wildman–Crippen MR) is 74.9 cm³/mol. The SMILES string of the molecule is CC#CCCNC(C)(C)CCc1ccccc1. The van der Waals surface area contributed by atoms with Crippen LogP contribution in [0.15, 0.2) is 30.3 Å². The number of hydrogen-bond donors (Lipinski definition) is 1. The first-order valence-corrected chi connectivity index (χ1v) is 6.32. The zero-order chi connectivity index (χ0) is 12.6.